The third-order valence-electron chi connectivity index (χ3n) is 10.4. The van der Waals surface area contributed by atoms with Crippen LogP contribution in [0.15, 0.2) is 42.6 Å². The van der Waals surface area contributed by atoms with Crippen molar-refractivity contribution in [1.29, 1.82) is 0 Å². The number of amides is 1. The monoisotopic (exact) mass is 740 g/mol. The maximum atomic E-state index is 15.1. The highest BCUT2D eigenvalue weighted by atomic mass is 35.5. The van der Waals surface area contributed by atoms with Crippen molar-refractivity contribution in [2.24, 2.45) is 14.1 Å². The second-order valence-corrected chi connectivity index (χ2v) is 14.7. The summed E-state index contributed by atoms with van der Waals surface area (Å²) in [6.45, 7) is 10.9. The lowest BCUT2D eigenvalue weighted by atomic mass is 9.98. The second kappa shape index (κ2) is 13.2. The van der Waals surface area contributed by atoms with Gasteiger partial charge in [-0.05, 0) is 94.5 Å². The van der Waals surface area contributed by atoms with Gasteiger partial charge in [0.25, 0.3) is 5.91 Å². The minimum absolute atomic E-state index is 0.163. The molecular formula is C40H42Cl2N6O4. The number of carbonyl (C=O) groups is 2. The average molecular weight is 742 g/mol. The molecule has 0 saturated heterocycles. The molecular weight excluding hydrogens is 699 g/mol. The Morgan fingerprint density at radius 2 is 1.73 bits per heavy atom. The Morgan fingerprint density at radius 3 is 2.37 bits per heavy atom. The van der Waals surface area contributed by atoms with Crippen molar-refractivity contribution >= 4 is 68.3 Å². The van der Waals surface area contributed by atoms with E-state index in [0.29, 0.717) is 59.0 Å². The van der Waals surface area contributed by atoms with E-state index in [1.54, 1.807) is 22.7 Å². The molecule has 0 fully saturated rings. The zero-order valence-corrected chi connectivity index (χ0v) is 32.1. The van der Waals surface area contributed by atoms with E-state index in [9.17, 15) is 9.90 Å². The van der Waals surface area contributed by atoms with Crippen molar-refractivity contribution in [3.8, 4) is 16.9 Å². The van der Waals surface area contributed by atoms with Crippen LogP contribution in [0.3, 0.4) is 0 Å². The Morgan fingerprint density at radius 1 is 1.02 bits per heavy atom. The highest BCUT2D eigenvalue weighted by molar-refractivity contribution is 6.35. The number of carbonyl (C=O) groups excluding carboxylic acids is 1. The Kier molecular flexibility index (Phi) is 9.03. The number of nitrogens with zero attached hydrogens (tertiary/aromatic N) is 5. The number of carboxylic acids is 1. The molecule has 1 atom stereocenters. The van der Waals surface area contributed by atoms with Gasteiger partial charge < -0.3 is 29.2 Å². The molecule has 52 heavy (non-hydrogen) atoms. The van der Waals surface area contributed by atoms with E-state index in [1.807, 2.05) is 82.9 Å². The van der Waals surface area contributed by atoms with Crippen LogP contribution in [-0.2, 0) is 20.5 Å². The maximum absolute atomic E-state index is 15.1. The van der Waals surface area contributed by atoms with Gasteiger partial charge in [0.2, 0.25) is 0 Å². The lowest BCUT2D eigenvalue weighted by Crippen LogP contribution is -2.43. The molecule has 0 saturated carbocycles. The van der Waals surface area contributed by atoms with Gasteiger partial charge in [-0.3, -0.25) is 9.48 Å². The number of aromatic carboxylic acids is 1. The number of benzene rings is 3. The zero-order chi connectivity index (χ0) is 37.3. The van der Waals surface area contributed by atoms with Crippen LogP contribution in [0.5, 0.6) is 5.75 Å². The minimum atomic E-state index is -1.03. The van der Waals surface area contributed by atoms with Gasteiger partial charge in [0.05, 0.1) is 39.6 Å². The van der Waals surface area contributed by atoms with Crippen molar-refractivity contribution in [2.45, 2.75) is 53.5 Å². The Labute approximate surface area is 312 Å². The summed E-state index contributed by atoms with van der Waals surface area (Å²) in [5, 5.41) is 20.8. The van der Waals surface area contributed by atoms with E-state index < -0.39 is 5.97 Å². The molecule has 1 aliphatic rings. The van der Waals surface area contributed by atoms with E-state index in [-0.39, 0.29) is 17.5 Å². The number of rotatable bonds is 9. The zero-order valence-electron chi connectivity index (χ0n) is 30.6. The molecule has 3 aromatic carbocycles. The second-order valence-electron chi connectivity index (χ2n) is 13.9. The first-order valence-electron chi connectivity index (χ1n) is 17.3. The summed E-state index contributed by atoms with van der Waals surface area (Å²) in [6, 6.07) is 11.4. The summed E-state index contributed by atoms with van der Waals surface area (Å²) in [5.41, 5.74) is 10.2. The topological polar surface area (TPSA) is 107 Å². The molecule has 6 aromatic rings. The first-order valence-corrected chi connectivity index (χ1v) is 18.1. The fourth-order valence-corrected chi connectivity index (χ4v) is 8.34. The molecule has 10 nitrogen and oxygen atoms in total. The van der Waals surface area contributed by atoms with Crippen LogP contribution in [0.2, 0.25) is 10.0 Å². The molecule has 1 amide bonds. The Balaban J connectivity index is 1.40. The third kappa shape index (κ3) is 5.60. The van der Waals surface area contributed by atoms with Crippen LogP contribution in [0.1, 0.15) is 68.3 Å². The van der Waals surface area contributed by atoms with Gasteiger partial charge in [0, 0.05) is 78.2 Å². The van der Waals surface area contributed by atoms with Gasteiger partial charge in [-0.15, -0.1) is 0 Å². The number of aromatic nitrogens is 4. The van der Waals surface area contributed by atoms with Crippen LogP contribution in [0.4, 0.5) is 11.4 Å². The molecule has 12 heteroatoms. The number of nitrogens with one attached hydrogen (secondary N) is 1. The fraction of sp³-hybridized carbons (Fsp3) is 0.325. The predicted molar refractivity (Wildman–Crippen MR) is 209 cm³/mol. The number of aryl methyl sites for hydroxylation is 6. The van der Waals surface area contributed by atoms with Gasteiger partial charge >= 0.3 is 5.97 Å². The van der Waals surface area contributed by atoms with Crippen molar-refractivity contribution < 1.29 is 19.4 Å². The maximum Gasteiger partial charge on any atom is 0.337 e. The quantitative estimate of drug-likeness (QED) is 0.143. The first kappa shape index (κ1) is 35.5. The molecule has 0 spiro atoms. The van der Waals surface area contributed by atoms with Crippen LogP contribution in [0, 0.1) is 27.7 Å². The van der Waals surface area contributed by atoms with Crippen LogP contribution >= 0.6 is 23.2 Å². The smallest absolute Gasteiger partial charge is 0.337 e. The van der Waals surface area contributed by atoms with Crippen LogP contribution in [-0.4, -0.2) is 56.1 Å². The number of hydrogen-bond donors (Lipinski definition) is 2. The molecule has 4 heterocycles. The largest absolute Gasteiger partial charge is 0.494 e. The lowest BCUT2D eigenvalue weighted by Gasteiger charge is -2.35. The Hall–Kier alpha value is -4.93. The summed E-state index contributed by atoms with van der Waals surface area (Å²) in [6.07, 6.45) is 2.82. The number of carboxylic acid groups (broad SMARTS) is 1. The number of anilines is 2. The first-order chi connectivity index (χ1) is 24.7. The normalized spacial score (nSPS) is 14.5. The number of ether oxygens (including phenoxy) is 1. The highest BCUT2D eigenvalue weighted by Crippen LogP contribution is 2.46. The number of halogens is 2. The summed E-state index contributed by atoms with van der Waals surface area (Å²) >= 11 is 13.5. The van der Waals surface area contributed by atoms with Crippen LogP contribution in [0.25, 0.3) is 32.9 Å². The van der Waals surface area contributed by atoms with E-state index in [1.165, 1.54) is 0 Å². The van der Waals surface area contributed by atoms with Gasteiger partial charge in [-0.2, -0.15) is 5.10 Å². The van der Waals surface area contributed by atoms with E-state index in [4.69, 9.17) is 33.0 Å². The van der Waals surface area contributed by atoms with Gasteiger partial charge in [0.15, 0.2) is 0 Å². The van der Waals surface area contributed by atoms with Crippen molar-refractivity contribution in [2.75, 3.05) is 30.4 Å². The highest BCUT2D eigenvalue weighted by Gasteiger charge is 2.38. The van der Waals surface area contributed by atoms with E-state index in [2.05, 4.69) is 16.8 Å². The summed E-state index contributed by atoms with van der Waals surface area (Å²) < 4.78 is 12.0. The lowest BCUT2D eigenvalue weighted by molar-refractivity contribution is 0.0698. The SMILES string of the molecule is CNc1cc(N2C[C@@H](C)n3c(c(CCCOc4cc(C)c(Cl)c(C)c4)c4ccc(Cl)c(-c5c(C)nn(C)c5C)c43)C2=O)c2c(c1)c(C(=O)O)cn2C. The molecule has 0 aliphatic carbocycles. The molecule has 1 aliphatic heterocycles. The average Bonchev–Trinajstić information content (AvgIpc) is 3.71. The van der Waals surface area contributed by atoms with Gasteiger partial charge in [0.1, 0.15) is 11.4 Å². The third-order valence-corrected chi connectivity index (χ3v) is 11.3. The van der Waals surface area contributed by atoms with E-state index in [0.717, 1.165) is 60.9 Å². The summed E-state index contributed by atoms with van der Waals surface area (Å²) in [7, 11) is 5.52. The van der Waals surface area contributed by atoms with E-state index >= 15 is 4.79 Å². The molecule has 2 N–H and O–H groups in total. The van der Waals surface area contributed by atoms with Gasteiger partial charge in [-0.1, -0.05) is 29.3 Å². The Bertz CT molecular complexity index is 2430. The fourth-order valence-electron chi connectivity index (χ4n) is 7.98. The summed E-state index contributed by atoms with van der Waals surface area (Å²) in [4.78, 5) is 29.2. The predicted octanol–water partition coefficient (Wildman–Crippen LogP) is 9.05. The molecule has 3 aromatic heterocycles. The molecule has 0 bridgehead atoms. The molecule has 0 radical (unpaired) electrons. The summed E-state index contributed by atoms with van der Waals surface area (Å²) in [5.74, 6) is -0.432. The molecule has 7 rings (SSSR count). The van der Waals surface area contributed by atoms with Crippen molar-refractivity contribution in [1.82, 2.24) is 18.9 Å². The van der Waals surface area contributed by atoms with Gasteiger partial charge in [-0.25, -0.2) is 4.79 Å². The number of hydrogen-bond acceptors (Lipinski definition) is 5. The number of fused-ring (bicyclic) bond motifs is 4. The van der Waals surface area contributed by atoms with Crippen molar-refractivity contribution in [3.63, 3.8) is 0 Å². The minimum Gasteiger partial charge on any atom is -0.494 e. The standard InChI is InChI=1S/C40H42Cl2N6O4/c1-20-14-26(15-21(2)35(20)42)52-13-9-10-27-28-11-12-31(41)34(33-23(4)44-46(8)24(33)5)37(28)48-22(3)18-47(39(49)38(27)48)32-17-25(43-6)16-29-30(40(50)51)19-45(7)36(29)32/h11-12,14-17,19,22,43H,9-10,13,18H2,1-8H3,(H,50,51)/t22-/m1/s1. The van der Waals surface area contributed by atoms with Crippen molar-refractivity contribution in [3.05, 3.63) is 92.0 Å². The molecule has 0 unspecified atom stereocenters. The molecule has 270 valence electrons. The van der Waals surface area contributed by atoms with Crippen LogP contribution < -0.4 is 15.0 Å².